The Balaban J connectivity index is 1.35. The lowest BCUT2D eigenvalue weighted by molar-refractivity contribution is -0.115. The van der Waals surface area contributed by atoms with Crippen molar-refractivity contribution < 1.29 is 9.18 Å². The standard InChI is InChI=1S/C24H24FN5OS3/c1-2-18(20(31)28-24-30-29-21(34-24)15-6-4-3-5-7-15)33-23-19-17(12-32-22(19)26-13-27-23)14-8-10-16(25)11-9-14/h8-13,15,18H,2-7H2,1H3,(H,28,30,31). The van der Waals surface area contributed by atoms with Crippen LogP contribution in [0.4, 0.5) is 9.52 Å². The zero-order chi connectivity index (χ0) is 23.5. The SMILES string of the molecule is CCC(Sc1ncnc2scc(-c3ccc(F)cc3)c12)C(=O)Nc1nnc(C2CCCCC2)s1. The van der Waals surface area contributed by atoms with Crippen molar-refractivity contribution in [3.05, 3.63) is 46.8 Å². The van der Waals surface area contributed by atoms with Crippen molar-refractivity contribution in [1.82, 2.24) is 20.2 Å². The number of anilines is 1. The Hall–Kier alpha value is -2.43. The lowest BCUT2D eigenvalue weighted by Gasteiger charge is -2.18. The van der Waals surface area contributed by atoms with Gasteiger partial charge in [-0.1, -0.05) is 61.4 Å². The van der Waals surface area contributed by atoms with Crippen molar-refractivity contribution in [3.63, 3.8) is 0 Å². The molecular formula is C24H24FN5OS3. The second-order valence-corrected chi connectivity index (χ2v) is 11.4. The van der Waals surface area contributed by atoms with E-state index in [0.717, 1.165) is 44.2 Å². The molecule has 3 heterocycles. The molecule has 3 aromatic heterocycles. The third-order valence-corrected chi connectivity index (χ3v) is 9.29. The van der Waals surface area contributed by atoms with Gasteiger partial charge in [-0.15, -0.1) is 21.5 Å². The maximum absolute atomic E-state index is 13.4. The van der Waals surface area contributed by atoms with Crippen LogP contribution in [0.2, 0.25) is 0 Å². The number of nitrogens with one attached hydrogen (secondary N) is 1. The lowest BCUT2D eigenvalue weighted by atomic mass is 9.90. The summed E-state index contributed by atoms with van der Waals surface area (Å²) in [4.78, 5) is 22.9. The number of nitrogens with zero attached hydrogens (tertiary/aromatic N) is 4. The first-order valence-corrected chi connectivity index (χ1v) is 14.0. The summed E-state index contributed by atoms with van der Waals surface area (Å²) in [5.74, 6) is 0.0790. The number of thiophene rings is 1. The van der Waals surface area contributed by atoms with Gasteiger partial charge < -0.3 is 0 Å². The molecule has 1 unspecified atom stereocenters. The highest BCUT2D eigenvalue weighted by atomic mass is 32.2. The third-order valence-electron chi connectivity index (χ3n) is 6.03. The second-order valence-electron chi connectivity index (χ2n) is 8.30. The van der Waals surface area contributed by atoms with Gasteiger partial charge in [-0.2, -0.15) is 0 Å². The molecule has 1 saturated carbocycles. The second kappa shape index (κ2) is 10.5. The van der Waals surface area contributed by atoms with Crippen LogP contribution in [0.1, 0.15) is 56.4 Å². The monoisotopic (exact) mass is 513 g/mol. The minimum Gasteiger partial charge on any atom is -0.300 e. The maximum atomic E-state index is 13.4. The summed E-state index contributed by atoms with van der Waals surface area (Å²) < 4.78 is 13.4. The van der Waals surface area contributed by atoms with E-state index in [1.165, 1.54) is 72.2 Å². The van der Waals surface area contributed by atoms with E-state index in [9.17, 15) is 9.18 Å². The number of carbonyl (C=O) groups is 1. The molecule has 34 heavy (non-hydrogen) atoms. The first-order valence-electron chi connectivity index (χ1n) is 11.4. The highest BCUT2D eigenvalue weighted by Gasteiger charge is 2.25. The van der Waals surface area contributed by atoms with Gasteiger partial charge in [0.15, 0.2) is 0 Å². The van der Waals surface area contributed by atoms with Crippen molar-refractivity contribution in [3.8, 4) is 11.1 Å². The molecule has 1 aliphatic rings. The van der Waals surface area contributed by atoms with E-state index in [-0.39, 0.29) is 17.0 Å². The Labute approximate surface area is 209 Å². The highest BCUT2D eigenvalue weighted by molar-refractivity contribution is 8.00. The molecule has 4 aromatic rings. The average molecular weight is 514 g/mol. The molecule has 1 N–H and O–H groups in total. The van der Waals surface area contributed by atoms with Gasteiger partial charge in [0.05, 0.1) is 10.6 Å². The number of hydrogen-bond acceptors (Lipinski definition) is 8. The van der Waals surface area contributed by atoms with Crippen LogP contribution in [-0.4, -0.2) is 31.3 Å². The van der Waals surface area contributed by atoms with E-state index in [1.54, 1.807) is 12.1 Å². The van der Waals surface area contributed by atoms with Gasteiger partial charge in [0.1, 0.15) is 27.0 Å². The third kappa shape index (κ3) is 4.99. The molecule has 1 aliphatic carbocycles. The fourth-order valence-corrected chi connectivity index (χ4v) is 7.15. The number of aromatic nitrogens is 4. The molecule has 176 valence electrons. The molecule has 0 bridgehead atoms. The van der Waals surface area contributed by atoms with E-state index in [1.807, 2.05) is 12.3 Å². The molecular weight excluding hydrogens is 489 g/mol. The molecule has 1 fully saturated rings. The number of halogens is 1. The number of benzene rings is 1. The van der Waals surface area contributed by atoms with E-state index < -0.39 is 0 Å². The summed E-state index contributed by atoms with van der Waals surface area (Å²) in [6.07, 6.45) is 8.21. The lowest BCUT2D eigenvalue weighted by Crippen LogP contribution is -2.24. The average Bonchev–Trinajstić information content (AvgIpc) is 3.51. The number of amides is 1. The van der Waals surface area contributed by atoms with Gasteiger partial charge in [-0.25, -0.2) is 14.4 Å². The smallest absolute Gasteiger partial charge is 0.239 e. The molecule has 1 amide bonds. The Morgan fingerprint density at radius 2 is 1.97 bits per heavy atom. The zero-order valence-corrected chi connectivity index (χ0v) is 21.1. The Morgan fingerprint density at radius 1 is 1.18 bits per heavy atom. The number of thioether (sulfide) groups is 1. The van der Waals surface area contributed by atoms with E-state index in [2.05, 4.69) is 25.5 Å². The summed E-state index contributed by atoms with van der Waals surface area (Å²) in [5.41, 5.74) is 1.84. The summed E-state index contributed by atoms with van der Waals surface area (Å²) in [6.45, 7) is 1.98. The summed E-state index contributed by atoms with van der Waals surface area (Å²) in [6, 6.07) is 6.39. The number of rotatable bonds is 7. The quantitative estimate of drug-likeness (QED) is 0.214. The minimum atomic E-state index is -0.346. The molecule has 1 atom stereocenters. The van der Waals surface area contributed by atoms with Gasteiger partial charge in [0.2, 0.25) is 11.0 Å². The van der Waals surface area contributed by atoms with Gasteiger partial charge in [0.25, 0.3) is 0 Å². The van der Waals surface area contributed by atoms with Crippen molar-refractivity contribution in [2.45, 2.75) is 61.6 Å². The van der Waals surface area contributed by atoms with Crippen LogP contribution in [0.15, 0.2) is 41.0 Å². The summed E-state index contributed by atoms with van der Waals surface area (Å²) in [7, 11) is 0. The van der Waals surface area contributed by atoms with Crippen LogP contribution in [0.3, 0.4) is 0 Å². The van der Waals surface area contributed by atoms with Crippen molar-refractivity contribution in [2.24, 2.45) is 0 Å². The first kappa shape index (κ1) is 23.3. The van der Waals surface area contributed by atoms with E-state index in [0.29, 0.717) is 17.5 Å². The fourth-order valence-electron chi connectivity index (χ4n) is 4.22. The Morgan fingerprint density at radius 3 is 2.74 bits per heavy atom. The van der Waals surface area contributed by atoms with Crippen molar-refractivity contribution in [2.75, 3.05) is 5.32 Å². The van der Waals surface area contributed by atoms with Crippen LogP contribution in [-0.2, 0) is 4.79 Å². The van der Waals surface area contributed by atoms with Crippen molar-refractivity contribution >= 4 is 55.7 Å². The topological polar surface area (TPSA) is 80.7 Å². The molecule has 0 saturated heterocycles. The highest BCUT2D eigenvalue weighted by Crippen LogP contribution is 2.40. The molecule has 5 rings (SSSR count). The van der Waals surface area contributed by atoms with Gasteiger partial charge in [-0.05, 0) is 37.0 Å². The first-order chi connectivity index (χ1) is 16.6. The van der Waals surface area contributed by atoms with Crippen LogP contribution in [0, 0.1) is 5.82 Å². The normalized spacial score (nSPS) is 15.5. The van der Waals surface area contributed by atoms with Crippen LogP contribution >= 0.6 is 34.4 Å². The molecule has 0 radical (unpaired) electrons. The molecule has 10 heteroatoms. The number of carbonyl (C=O) groups excluding carboxylic acids is 1. The van der Waals surface area contributed by atoms with Crippen molar-refractivity contribution in [1.29, 1.82) is 0 Å². The predicted octanol–water partition coefficient (Wildman–Crippen LogP) is 6.91. The molecule has 6 nitrogen and oxygen atoms in total. The van der Waals surface area contributed by atoms with Crippen LogP contribution < -0.4 is 5.32 Å². The van der Waals surface area contributed by atoms with Crippen LogP contribution in [0.5, 0.6) is 0 Å². The van der Waals surface area contributed by atoms with Crippen LogP contribution in [0.25, 0.3) is 21.3 Å². The Kier molecular flexibility index (Phi) is 7.17. The molecule has 1 aromatic carbocycles. The predicted molar refractivity (Wildman–Crippen MR) is 137 cm³/mol. The Bertz CT molecular complexity index is 1280. The summed E-state index contributed by atoms with van der Waals surface area (Å²) in [5, 5.41) is 16.4. The van der Waals surface area contributed by atoms with Gasteiger partial charge in [-0.3, -0.25) is 10.1 Å². The van der Waals surface area contributed by atoms with Gasteiger partial charge >= 0.3 is 0 Å². The van der Waals surface area contributed by atoms with E-state index in [4.69, 9.17) is 0 Å². The maximum Gasteiger partial charge on any atom is 0.239 e. The number of fused-ring (bicyclic) bond motifs is 1. The fraction of sp³-hybridized carbons (Fsp3) is 0.375. The zero-order valence-electron chi connectivity index (χ0n) is 18.7. The van der Waals surface area contributed by atoms with Gasteiger partial charge in [0, 0.05) is 16.9 Å². The molecule has 0 spiro atoms. The van der Waals surface area contributed by atoms with E-state index >= 15 is 0 Å². The summed E-state index contributed by atoms with van der Waals surface area (Å²) >= 11 is 4.43. The largest absolute Gasteiger partial charge is 0.300 e. The number of hydrogen-bond donors (Lipinski definition) is 1. The minimum absolute atomic E-state index is 0.107. The molecule has 0 aliphatic heterocycles.